The summed E-state index contributed by atoms with van der Waals surface area (Å²) in [5, 5.41) is 3.32. The van der Waals surface area contributed by atoms with Crippen molar-refractivity contribution in [2.45, 2.75) is 26.2 Å². The molecule has 1 N–H and O–H groups in total. The van der Waals surface area contributed by atoms with Gasteiger partial charge in [0, 0.05) is 5.69 Å². The second-order valence-electron chi connectivity index (χ2n) is 7.40. The molecule has 0 unspecified atom stereocenters. The fourth-order valence-corrected chi connectivity index (χ4v) is 3.43. The number of halogens is 1. The molecule has 0 bridgehead atoms. The normalized spacial score (nSPS) is 12.0. The van der Waals surface area contributed by atoms with E-state index in [9.17, 15) is 4.79 Å². The summed E-state index contributed by atoms with van der Waals surface area (Å²) in [6.07, 6.45) is 1.08. The van der Waals surface area contributed by atoms with E-state index in [1.165, 1.54) is 5.56 Å². The Morgan fingerprint density at radius 1 is 1.13 bits per heavy atom. The molecule has 4 rings (SSSR count). The minimum atomic E-state index is -0.267. The molecule has 31 heavy (non-hydrogen) atoms. The van der Waals surface area contributed by atoms with Gasteiger partial charge in [-0.3, -0.25) is 4.79 Å². The zero-order valence-electron chi connectivity index (χ0n) is 17.4. The highest BCUT2D eigenvalue weighted by Gasteiger charge is 2.13. The van der Waals surface area contributed by atoms with Crippen molar-refractivity contribution >= 4 is 34.3 Å². The Kier molecular flexibility index (Phi) is 6.23. The van der Waals surface area contributed by atoms with Crippen molar-refractivity contribution < 1.29 is 13.9 Å². The number of carbonyl (C=O) groups is 1. The van der Waals surface area contributed by atoms with E-state index >= 15 is 0 Å². The first-order chi connectivity index (χ1) is 15.0. The maximum atomic E-state index is 12.4. The quantitative estimate of drug-likeness (QED) is 0.352. The van der Waals surface area contributed by atoms with E-state index in [2.05, 4.69) is 24.1 Å². The van der Waals surface area contributed by atoms with Gasteiger partial charge in [0.25, 0.3) is 5.91 Å². The average Bonchev–Trinajstić information content (AvgIpc) is 3.23. The highest BCUT2D eigenvalue weighted by Crippen LogP contribution is 2.32. The van der Waals surface area contributed by atoms with Crippen LogP contribution < -0.4 is 10.1 Å². The minimum absolute atomic E-state index is 0.0937. The van der Waals surface area contributed by atoms with Gasteiger partial charge in [-0.15, -0.1) is 0 Å². The second-order valence-corrected chi connectivity index (χ2v) is 7.80. The van der Waals surface area contributed by atoms with Crippen molar-refractivity contribution in [1.82, 2.24) is 4.98 Å². The van der Waals surface area contributed by atoms with Gasteiger partial charge in [-0.25, -0.2) is 4.98 Å². The largest absolute Gasteiger partial charge is 0.484 e. The number of rotatable bonds is 7. The van der Waals surface area contributed by atoms with E-state index in [4.69, 9.17) is 20.8 Å². The Labute approximate surface area is 186 Å². The molecule has 0 aliphatic rings. The fraction of sp³-hybridized carbons (Fsp3) is 0.200. The van der Waals surface area contributed by atoms with E-state index in [-0.39, 0.29) is 12.5 Å². The van der Waals surface area contributed by atoms with Crippen LogP contribution in [0, 0.1) is 0 Å². The maximum absolute atomic E-state index is 12.4. The number of para-hydroxylation sites is 2. The summed E-state index contributed by atoms with van der Waals surface area (Å²) < 4.78 is 11.4. The Morgan fingerprint density at radius 2 is 1.90 bits per heavy atom. The molecule has 0 fully saturated rings. The van der Waals surface area contributed by atoms with Gasteiger partial charge in [-0.05, 0) is 60.4 Å². The number of carbonyl (C=O) groups excluding carboxylic acids is 1. The van der Waals surface area contributed by atoms with Crippen LogP contribution in [0.15, 0.2) is 71.1 Å². The fourth-order valence-electron chi connectivity index (χ4n) is 3.23. The van der Waals surface area contributed by atoms with Crippen molar-refractivity contribution in [2.24, 2.45) is 0 Å². The Morgan fingerprint density at radius 3 is 2.65 bits per heavy atom. The number of nitrogens with one attached hydrogen (secondary N) is 1. The standard InChI is InChI=1S/C25H23ClN2O3/c1-3-16(2)17-8-11-19(12-9-17)30-15-24(29)27-18-10-13-21(26)20(14-18)25-28-22-6-4-5-7-23(22)31-25/h4-14,16H,3,15H2,1-2H3,(H,27,29)/t16-/m1/s1. The van der Waals surface area contributed by atoms with Gasteiger partial charge >= 0.3 is 0 Å². The lowest BCUT2D eigenvalue weighted by Crippen LogP contribution is -2.20. The zero-order valence-corrected chi connectivity index (χ0v) is 18.1. The molecule has 1 amide bonds. The third kappa shape index (κ3) is 4.89. The molecule has 0 spiro atoms. The lowest BCUT2D eigenvalue weighted by molar-refractivity contribution is -0.118. The monoisotopic (exact) mass is 434 g/mol. The number of nitrogens with zero attached hydrogens (tertiary/aromatic N) is 1. The first-order valence-electron chi connectivity index (χ1n) is 10.2. The number of benzene rings is 3. The van der Waals surface area contributed by atoms with Crippen molar-refractivity contribution in [2.75, 3.05) is 11.9 Å². The van der Waals surface area contributed by atoms with Crippen LogP contribution in [0.1, 0.15) is 31.7 Å². The lowest BCUT2D eigenvalue weighted by Gasteiger charge is -2.11. The molecule has 1 heterocycles. The van der Waals surface area contributed by atoms with Gasteiger partial charge in [0.05, 0.1) is 10.6 Å². The van der Waals surface area contributed by atoms with Crippen LogP contribution in [-0.4, -0.2) is 17.5 Å². The molecule has 5 nitrogen and oxygen atoms in total. The van der Waals surface area contributed by atoms with Crippen LogP contribution in [-0.2, 0) is 4.79 Å². The highest BCUT2D eigenvalue weighted by atomic mass is 35.5. The van der Waals surface area contributed by atoms with Crippen LogP contribution >= 0.6 is 11.6 Å². The third-order valence-corrected chi connectivity index (χ3v) is 5.54. The lowest BCUT2D eigenvalue weighted by atomic mass is 9.99. The number of amides is 1. The molecule has 1 atom stereocenters. The van der Waals surface area contributed by atoms with Crippen LogP contribution in [0.3, 0.4) is 0 Å². The number of ether oxygens (including phenoxy) is 1. The summed E-state index contributed by atoms with van der Waals surface area (Å²) in [5.41, 5.74) is 3.87. The number of anilines is 1. The topological polar surface area (TPSA) is 64.4 Å². The number of hydrogen-bond donors (Lipinski definition) is 1. The number of oxazole rings is 1. The SMILES string of the molecule is CC[C@@H](C)c1ccc(OCC(=O)Nc2ccc(Cl)c(-c3nc4ccccc4o3)c2)cc1. The first kappa shape index (κ1) is 20.9. The molecule has 4 aromatic rings. The van der Waals surface area contributed by atoms with Crippen LogP contribution in [0.2, 0.25) is 5.02 Å². The van der Waals surface area contributed by atoms with Gasteiger partial charge in [-0.1, -0.05) is 49.7 Å². The Hall–Kier alpha value is -3.31. The summed E-state index contributed by atoms with van der Waals surface area (Å²) in [4.78, 5) is 16.8. The summed E-state index contributed by atoms with van der Waals surface area (Å²) in [6, 6.07) is 20.5. The van der Waals surface area contributed by atoms with Crippen LogP contribution in [0.5, 0.6) is 5.75 Å². The van der Waals surface area contributed by atoms with E-state index in [0.29, 0.717) is 39.4 Å². The number of aromatic nitrogens is 1. The molecule has 0 radical (unpaired) electrons. The van der Waals surface area contributed by atoms with Gasteiger partial charge in [0.2, 0.25) is 5.89 Å². The molecule has 0 saturated heterocycles. The van der Waals surface area contributed by atoms with E-state index in [1.807, 2.05) is 48.5 Å². The predicted molar refractivity (Wildman–Crippen MR) is 124 cm³/mol. The zero-order chi connectivity index (χ0) is 21.8. The van der Waals surface area contributed by atoms with Gasteiger partial charge in [0.1, 0.15) is 11.3 Å². The maximum Gasteiger partial charge on any atom is 0.262 e. The van der Waals surface area contributed by atoms with Crippen molar-refractivity contribution in [3.8, 4) is 17.2 Å². The summed E-state index contributed by atoms with van der Waals surface area (Å²) >= 11 is 6.34. The van der Waals surface area contributed by atoms with Gasteiger partial charge < -0.3 is 14.5 Å². The number of fused-ring (bicyclic) bond motifs is 1. The predicted octanol–water partition coefficient (Wildman–Crippen LogP) is 6.68. The minimum Gasteiger partial charge on any atom is -0.484 e. The Balaban J connectivity index is 1.42. The molecule has 0 saturated carbocycles. The molecule has 158 valence electrons. The molecular weight excluding hydrogens is 412 g/mol. The molecule has 0 aliphatic carbocycles. The summed E-state index contributed by atoms with van der Waals surface area (Å²) in [7, 11) is 0. The van der Waals surface area contributed by atoms with Crippen LogP contribution in [0.25, 0.3) is 22.6 Å². The molecule has 3 aromatic carbocycles. The van der Waals surface area contributed by atoms with Gasteiger partial charge in [0.15, 0.2) is 12.2 Å². The Bertz CT molecular complexity index is 1170. The highest BCUT2D eigenvalue weighted by molar-refractivity contribution is 6.33. The summed E-state index contributed by atoms with van der Waals surface area (Å²) in [6.45, 7) is 4.25. The molecule has 0 aliphatic heterocycles. The molecule has 6 heteroatoms. The third-order valence-electron chi connectivity index (χ3n) is 5.21. The van der Waals surface area contributed by atoms with E-state index < -0.39 is 0 Å². The number of hydrogen-bond acceptors (Lipinski definition) is 4. The second kappa shape index (κ2) is 9.23. The molecular formula is C25H23ClN2O3. The van der Waals surface area contributed by atoms with E-state index in [0.717, 1.165) is 11.9 Å². The van der Waals surface area contributed by atoms with Crippen molar-refractivity contribution in [1.29, 1.82) is 0 Å². The summed E-state index contributed by atoms with van der Waals surface area (Å²) in [5.74, 6) is 1.29. The molecule has 1 aromatic heterocycles. The smallest absolute Gasteiger partial charge is 0.262 e. The van der Waals surface area contributed by atoms with Crippen molar-refractivity contribution in [3.63, 3.8) is 0 Å². The average molecular weight is 435 g/mol. The first-order valence-corrected chi connectivity index (χ1v) is 10.6. The van der Waals surface area contributed by atoms with Crippen LogP contribution in [0.4, 0.5) is 5.69 Å². The van der Waals surface area contributed by atoms with Crippen molar-refractivity contribution in [3.05, 3.63) is 77.3 Å². The van der Waals surface area contributed by atoms with E-state index in [1.54, 1.807) is 18.2 Å². The van der Waals surface area contributed by atoms with Gasteiger partial charge in [-0.2, -0.15) is 0 Å².